The summed E-state index contributed by atoms with van der Waals surface area (Å²) < 4.78 is 5.08. The molecule has 0 N–H and O–H groups in total. The van der Waals surface area contributed by atoms with Crippen molar-refractivity contribution in [1.29, 1.82) is 0 Å². The van der Waals surface area contributed by atoms with Gasteiger partial charge in [0.05, 0.1) is 0 Å². The van der Waals surface area contributed by atoms with Crippen LogP contribution in [-0.2, 0) is 0 Å². The first-order chi connectivity index (χ1) is 27.7. The van der Waals surface area contributed by atoms with Gasteiger partial charge in [-0.05, 0) is 58.1 Å². The van der Waals surface area contributed by atoms with E-state index in [1.807, 2.05) is 46.9 Å². The fourth-order valence-corrected chi connectivity index (χ4v) is 10.4. The molecule has 0 atom stereocenters. The van der Waals surface area contributed by atoms with Gasteiger partial charge in [0.1, 0.15) is 0 Å². The zero-order valence-electron chi connectivity index (χ0n) is 30.1. The highest BCUT2D eigenvalue weighted by atomic mass is 32.1. The van der Waals surface area contributed by atoms with Crippen molar-refractivity contribution in [2.24, 2.45) is 0 Å². The molecule has 0 amide bonds. The Morgan fingerprint density at radius 1 is 0.286 bits per heavy atom. The van der Waals surface area contributed by atoms with Crippen molar-refractivity contribution in [3.05, 3.63) is 188 Å². The Hall–Kier alpha value is -6.79. The molecule has 0 saturated carbocycles. The van der Waals surface area contributed by atoms with Crippen LogP contribution in [0.2, 0.25) is 0 Å². The number of thiophene rings is 2. The molecule has 56 heavy (non-hydrogen) atoms. The second-order valence-electron chi connectivity index (χ2n) is 13.9. The highest BCUT2D eigenvalue weighted by Gasteiger charge is 2.20. The van der Waals surface area contributed by atoms with Crippen LogP contribution in [0, 0.1) is 0 Å². The largest absolute Gasteiger partial charge is 0.208 e. The van der Waals surface area contributed by atoms with Crippen molar-refractivity contribution >= 4 is 63.0 Å². The van der Waals surface area contributed by atoms with Crippen LogP contribution in [0.4, 0.5) is 0 Å². The molecule has 3 nitrogen and oxygen atoms in total. The second-order valence-corrected chi connectivity index (χ2v) is 16.1. The van der Waals surface area contributed by atoms with Crippen LogP contribution in [0.1, 0.15) is 0 Å². The smallest absolute Gasteiger partial charge is 0.164 e. The van der Waals surface area contributed by atoms with Crippen LogP contribution in [0.25, 0.3) is 108 Å². The normalized spacial score (nSPS) is 11.6. The Kier molecular flexibility index (Phi) is 7.87. The molecule has 11 rings (SSSR count). The Balaban J connectivity index is 1.12. The van der Waals surface area contributed by atoms with Gasteiger partial charge in [-0.2, -0.15) is 0 Å². The Morgan fingerprint density at radius 3 is 1.62 bits per heavy atom. The molecule has 0 unspecified atom stereocenters. The van der Waals surface area contributed by atoms with Gasteiger partial charge in [0.25, 0.3) is 0 Å². The van der Waals surface area contributed by atoms with E-state index in [1.54, 1.807) is 0 Å². The van der Waals surface area contributed by atoms with Crippen molar-refractivity contribution in [1.82, 2.24) is 15.0 Å². The predicted molar refractivity (Wildman–Crippen MR) is 238 cm³/mol. The summed E-state index contributed by atoms with van der Waals surface area (Å²) in [5.74, 6) is 1.96. The summed E-state index contributed by atoms with van der Waals surface area (Å²) in [5.41, 5.74) is 10.1. The van der Waals surface area contributed by atoms with Gasteiger partial charge in [-0.1, -0.05) is 158 Å². The van der Waals surface area contributed by atoms with Crippen LogP contribution in [-0.4, -0.2) is 15.0 Å². The first-order valence-electron chi connectivity index (χ1n) is 18.7. The molecule has 8 aromatic carbocycles. The minimum absolute atomic E-state index is 0.647. The predicted octanol–water partition coefficient (Wildman–Crippen LogP) is 14.6. The maximum Gasteiger partial charge on any atom is 0.164 e. The van der Waals surface area contributed by atoms with Crippen molar-refractivity contribution in [3.8, 4) is 67.5 Å². The van der Waals surface area contributed by atoms with Crippen LogP contribution < -0.4 is 0 Å². The van der Waals surface area contributed by atoms with Crippen LogP contribution >= 0.6 is 22.7 Å². The maximum atomic E-state index is 5.24. The summed E-state index contributed by atoms with van der Waals surface area (Å²) in [6.45, 7) is 0. The van der Waals surface area contributed by atoms with Gasteiger partial charge >= 0.3 is 0 Å². The molecule has 3 aromatic heterocycles. The summed E-state index contributed by atoms with van der Waals surface area (Å²) in [6, 6.07) is 66.7. The lowest BCUT2D eigenvalue weighted by Crippen LogP contribution is -2.00. The number of rotatable bonds is 6. The van der Waals surface area contributed by atoms with E-state index in [-0.39, 0.29) is 0 Å². The third kappa shape index (κ3) is 5.60. The summed E-state index contributed by atoms with van der Waals surface area (Å²) in [6.07, 6.45) is 0. The summed E-state index contributed by atoms with van der Waals surface area (Å²) >= 11 is 3.71. The van der Waals surface area contributed by atoms with E-state index in [2.05, 4.69) is 164 Å². The van der Waals surface area contributed by atoms with Crippen molar-refractivity contribution in [2.75, 3.05) is 0 Å². The van der Waals surface area contributed by atoms with E-state index < -0.39 is 0 Å². The summed E-state index contributed by atoms with van der Waals surface area (Å²) in [5, 5.41) is 4.95. The molecule has 262 valence electrons. The van der Waals surface area contributed by atoms with Gasteiger partial charge in [-0.3, -0.25) is 0 Å². The van der Waals surface area contributed by atoms with Crippen LogP contribution in [0.5, 0.6) is 0 Å². The highest BCUT2D eigenvalue weighted by Crippen LogP contribution is 2.47. The lowest BCUT2D eigenvalue weighted by atomic mass is 9.95. The standard InChI is InChI=1S/C51H31N3S2/c1-4-15-32(16-5-1)35-21-12-22-36(29-35)50-52-49(34-19-8-3-9-20-34)53-51(54-50)41-26-14-28-45-46(41)40-25-13-24-38(47(40)56-45)37-30-42(33-17-6-2-7-18-33)48-43(31-37)39-23-10-11-27-44(39)55-48/h1-31H. The fourth-order valence-electron chi connectivity index (χ4n) is 7.89. The SMILES string of the molecule is c1ccc(-c2cccc(-c3nc(-c4ccccc4)nc(-c4cccc5sc6c(-c7cc(-c8ccccc8)c8sc9ccccc9c8c7)cccc6c45)n3)c2)cc1. The van der Waals surface area contributed by atoms with E-state index in [4.69, 9.17) is 15.0 Å². The molecule has 5 heteroatoms. The maximum absolute atomic E-state index is 5.24. The van der Waals surface area contributed by atoms with Gasteiger partial charge < -0.3 is 0 Å². The second kappa shape index (κ2) is 13.5. The van der Waals surface area contributed by atoms with E-state index in [9.17, 15) is 0 Å². The molecule has 0 radical (unpaired) electrons. The molecule has 0 saturated heterocycles. The Bertz CT molecular complexity index is 3240. The third-order valence-corrected chi connectivity index (χ3v) is 13.0. The van der Waals surface area contributed by atoms with Crippen molar-refractivity contribution in [2.45, 2.75) is 0 Å². The number of aromatic nitrogens is 3. The lowest BCUT2D eigenvalue weighted by Gasteiger charge is -2.11. The monoisotopic (exact) mass is 749 g/mol. The molecule has 0 aliphatic heterocycles. The van der Waals surface area contributed by atoms with Gasteiger partial charge in [0.2, 0.25) is 0 Å². The quantitative estimate of drug-likeness (QED) is 0.170. The Morgan fingerprint density at radius 2 is 0.821 bits per heavy atom. The van der Waals surface area contributed by atoms with Crippen LogP contribution in [0.15, 0.2) is 188 Å². The molecular weight excluding hydrogens is 719 g/mol. The van der Waals surface area contributed by atoms with Crippen molar-refractivity contribution < 1.29 is 0 Å². The van der Waals surface area contributed by atoms with Crippen molar-refractivity contribution in [3.63, 3.8) is 0 Å². The van der Waals surface area contributed by atoms with Crippen LogP contribution in [0.3, 0.4) is 0 Å². The van der Waals surface area contributed by atoms with Gasteiger partial charge in [0.15, 0.2) is 17.5 Å². The topological polar surface area (TPSA) is 38.7 Å². The minimum Gasteiger partial charge on any atom is -0.208 e. The number of benzene rings is 8. The van der Waals surface area contributed by atoms with E-state index in [1.165, 1.54) is 57.2 Å². The average Bonchev–Trinajstić information content (AvgIpc) is 3.86. The zero-order valence-corrected chi connectivity index (χ0v) is 31.7. The fraction of sp³-hybridized carbons (Fsp3) is 0. The molecule has 0 aliphatic carbocycles. The number of fused-ring (bicyclic) bond motifs is 6. The first-order valence-corrected chi connectivity index (χ1v) is 20.3. The van der Waals surface area contributed by atoms with E-state index in [0.717, 1.165) is 33.2 Å². The summed E-state index contributed by atoms with van der Waals surface area (Å²) in [7, 11) is 0. The average molecular weight is 750 g/mol. The molecule has 0 aliphatic rings. The number of nitrogens with zero attached hydrogens (tertiary/aromatic N) is 3. The highest BCUT2D eigenvalue weighted by molar-refractivity contribution is 7.27. The molecule has 3 heterocycles. The third-order valence-electron chi connectivity index (χ3n) is 10.5. The Labute approximate surface area is 331 Å². The van der Waals surface area contributed by atoms with Gasteiger partial charge in [-0.25, -0.2) is 15.0 Å². The van der Waals surface area contributed by atoms with Gasteiger partial charge in [0, 0.05) is 62.6 Å². The van der Waals surface area contributed by atoms with E-state index >= 15 is 0 Å². The number of hydrogen-bond donors (Lipinski definition) is 0. The van der Waals surface area contributed by atoms with Gasteiger partial charge in [-0.15, -0.1) is 22.7 Å². The summed E-state index contributed by atoms with van der Waals surface area (Å²) in [4.78, 5) is 15.5. The molecule has 0 bridgehead atoms. The first kappa shape index (κ1) is 32.6. The molecule has 0 fully saturated rings. The molecule has 0 spiro atoms. The molecular formula is C51H31N3S2. The van der Waals surface area contributed by atoms with E-state index in [0.29, 0.717) is 17.5 Å². The molecule has 11 aromatic rings. The zero-order chi connectivity index (χ0) is 37.0. The minimum atomic E-state index is 0.647. The number of hydrogen-bond acceptors (Lipinski definition) is 5. The lowest BCUT2D eigenvalue weighted by molar-refractivity contribution is 1.08.